The summed E-state index contributed by atoms with van der Waals surface area (Å²) in [5.41, 5.74) is 4.00. The zero-order valence-electron chi connectivity index (χ0n) is 21.6. The van der Waals surface area contributed by atoms with E-state index in [-0.39, 0.29) is 17.5 Å². The summed E-state index contributed by atoms with van der Waals surface area (Å²) < 4.78 is 5.62. The van der Waals surface area contributed by atoms with Crippen molar-refractivity contribution < 1.29 is 9.53 Å². The number of carbonyl (C=O) groups is 1. The molecule has 2 saturated carbocycles. The Bertz CT molecular complexity index is 817. The van der Waals surface area contributed by atoms with Gasteiger partial charge in [0.05, 0.1) is 0 Å². The fourth-order valence-electron chi connectivity index (χ4n) is 7.76. The van der Waals surface area contributed by atoms with Crippen LogP contribution < -0.4 is 0 Å². The molecule has 0 radical (unpaired) electrons. The second-order valence-corrected chi connectivity index (χ2v) is 12.4. The van der Waals surface area contributed by atoms with Gasteiger partial charge in [-0.05, 0) is 102 Å². The SMILES string of the molecule is CC(=O)O[C@H]1CC[C@]2(C)C3=CC[C@]4(C)[C@@H]([C@H](C)/C=C/[C@H](C)C(C)C)CC[C@H]4C3=CC[C@@H]2C1. The first-order chi connectivity index (χ1) is 15.1. The molecule has 2 heteroatoms. The lowest BCUT2D eigenvalue weighted by molar-refractivity contribution is -0.150. The van der Waals surface area contributed by atoms with Gasteiger partial charge in [-0.3, -0.25) is 4.79 Å². The summed E-state index contributed by atoms with van der Waals surface area (Å²) >= 11 is 0. The summed E-state index contributed by atoms with van der Waals surface area (Å²) in [4.78, 5) is 11.5. The topological polar surface area (TPSA) is 26.3 Å². The van der Waals surface area contributed by atoms with Crippen LogP contribution in [0.2, 0.25) is 0 Å². The minimum Gasteiger partial charge on any atom is -0.463 e. The first-order valence-electron chi connectivity index (χ1n) is 13.3. The van der Waals surface area contributed by atoms with Crippen molar-refractivity contribution >= 4 is 5.97 Å². The van der Waals surface area contributed by atoms with E-state index in [1.165, 1.54) is 19.3 Å². The molecular weight excluding hydrogens is 392 g/mol. The van der Waals surface area contributed by atoms with Gasteiger partial charge in [-0.25, -0.2) is 0 Å². The first kappa shape index (κ1) is 23.8. The predicted octanol–water partition coefficient (Wildman–Crippen LogP) is 7.90. The number of fused-ring (bicyclic) bond motifs is 5. The van der Waals surface area contributed by atoms with Crippen LogP contribution in [0.4, 0.5) is 0 Å². The maximum Gasteiger partial charge on any atom is 0.302 e. The molecule has 2 fully saturated rings. The Hall–Kier alpha value is -1.31. The minimum atomic E-state index is -0.124. The molecule has 8 atom stereocenters. The van der Waals surface area contributed by atoms with Crippen LogP contribution in [0.1, 0.15) is 93.4 Å². The zero-order valence-corrected chi connectivity index (χ0v) is 21.6. The molecule has 2 nitrogen and oxygen atoms in total. The molecule has 0 bridgehead atoms. The molecule has 4 aliphatic carbocycles. The second-order valence-electron chi connectivity index (χ2n) is 12.4. The van der Waals surface area contributed by atoms with E-state index >= 15 is 0 Å². The maximum absolute atomic E-state index is 11.5. The van der Waals surface area contributed by atoms with E-state index in [9.17, 15) is 4.79 Å². The Morgan fingerprint density at radius 3 is 2.53 bits per heavy atom. The van der Waals surface area contributed by atoms with Gasteiger partial charge >= 0.3 is 5.97 Å². The minimum absolute atomic E-state index is 0.117. The summed E-state index contributed by atoms with van der Waals surface area (Å²) in [6, 6.07) is 0. The molecule has 0 unspecified atom stereocenters. The normalized spacial score (nSPS) is 40.8. The molecule has 178 valence electrons. The van der Waals surface area contributed by atoms with E-state index in [1.807, 2.05) is 0 Å². The highest BCUT2D eigenvalue weighted by atomic mass is 16.5. The summed E-state index contributed by atoms with van der Waals surface area (Å²) in [5.74, 6) is 3.98. The molecule has 0 amide bonds. The number of rotatable bonds is 5. The standard InChI is InChI=1S/C30H46O2/c1-19(2)20(3)8-9-21(4)26-12-13-27-25-11-10-23-18-24(32-22(5)31)14-16-29(23,6)28(25)15-17-30(26,27)7/h8-9,11,15,19-21,23-24,26-27H,10,12-14,16-18H2,1-7H3/b9-8+/t20-,21+,23+,24-,26+,27-,29-,30+/m0/s1. The van der Waals surface area contributed by atoms with Crippen LogP contribution in [0, 0.1) is 46.3 Å². The van der Waals surface area contributed by atoms with Crippen molar-refractivity contribution in [3.63, 3.8) is 0 Å². The summed E-state index contributed by atoms with van der Waals surface area (Å²) in [7, 11) is 0. The lowest BCUT2D eigenvalue weighted by Crippen LogP contribution is -2.45. The smallest absolute Gasteiger partial charge is 0.302 e. The van der Waals surface area contributed by atoms with E-state index in [2.05, 4.69) is 65.8 Å². The molecular formula is C30H46O2. The first-order valence-corrected chi connectivity index (χ1v) is 13.3. The molecule has 4 aliphatic rings. The van der Waals surface area contributed by atoms with E-state index in [1.54, 1.807) is 18.1 Å². The molecule has 4 rings (SSSR count). The Balaban J connectivity index is 1.54. The van der Waals surface area contributed by atoms with Crippen molar-refractivity contribution in [2.75, 3.05) is 0 Å². The van der Waals surface area contributed by atoms with E-state index in [0.29, 0.717) is 29.1 Å². The van der Waals surface area contributed by atoms with Crippen molar-refractivity contribution in [3.05, 3.63) is 35.5 Å². The largest absolute Gasteiger partial charge is 0.463 e. The van der Waals surface area contributed by atoms with E-state index in [0.717, 1.165) is 37.5 Å². The summed E-state index contributed by atoms with van der Waals surface area (Å²) in [6.07, 6.45) is 18.6. The van der Waals surface area contributed by atoms with Crippen LogP contribution in [-0.4, -0.2) is 12.1 Å². The molecule has 0 aliphatic heterocycles. The number of esters is 1. The Morgan fingerprint density at radius 1 is 1.09 bits per heavy atom. The average Bonchev–Trinajstić information content (AvgIpc) is 3.08. The molecule has 0 aromatic carbocycles. The molecule has 0 aromatic heterocycles. The van der Waals surface area contributed by atoms with Gasteiger partial charge in [0.15, 0.2) is 0 Å². The molecule has 0 aromatic rings. The molecule has 0 heterocycles. The third-order valence-corrected chi connectivity index (χ3v) is 10.3. The fourth-order valence-corrected chi connectivity index (χ4v) is 7.76. The van der Waals surface area contributed by atoms with Crippen LogP contribution in [0.15, 0.2) is 35.5 Å². The third kappa shape index (κ3) is 4.05. The maximum atomic E-state index is 11.5. The second kappa shape index (κ2) is 8.80. The van der Waals surface area contributed by atoms with Crippen LogP contribution in [0.3, 0.4) is 0 Å². The highest BCUT2D eigenvalue weighted by molar-refractivity contribution is 5.66. The number of carbonyl (C=O) groups excluding carboxylic acids is 1. The lowest BCUT2D eigenvalue weighted by Gasteiger charge is -2.53. The Labute approximate surface area is 197 Å². The van der Waals surface area contributed by atoms with Gasteiger partial charge in [0, 0.05) is 6.92 Å². The van der Waals surface area contributed by atoms with Crippen molar-refractivity contribution in [1.29, 1.82) is 0 Å². The predicted molar refractivity (Wildman–Crippen MR) is 133 cm³/mol. The van der Waals surface area contributed by atoms with Crippen LogP contribution in [0.5, 0.6) is 0 Å². The van der Waals surface area contributed by atoms with Crippen molar-refractivity contribution in [3.8, 4) is 0 Å². The molecule has 0 saturated heterocycles. The Kier molecular flexibility index (Phi) is 6.56. The van der Waals surface area contributed by atoms with Crippen LogP contribution in [0.25, 0.3) is 0 Å². The number of hydrogen-bond donors (Lipinski definition) is 0. The van der Waals surface area contributed by atoms with E-state index in [4.69, 9.17) is 4.74 Å². The fraction of sp³-hybridized carbons (Fsp3) is 0.767. The van der Waals surface area contributed by atoms with E-state index < -0.39 is 0 Å². The van der Waals surface area contributed by atoms with Gasteiger partial charge in [0.1, 0.15) is 6.10 Å². The summed E-state index contributed by atoms with van der Waals surface area (Å²) in [6.45, 7) is 16.1. The highest BCUT2D eigenvalue weighted by Gasteiger charge is 2.55. The van der Waals surface area contributed by atoms with Crippen molar-refractivity contribution in [2.24, 2.45) is 46.3 Å². The van der Waals surface area contributed by atoms with Gasteiger partial charge in [-0.15, -0.1) is 0 Å². The van der Waals surface area contributed by atoms with Crippen molar-refractivity contribution in [2.45, 2.75) is 99.5 Å². The number of allylic oxidation sites excluding steroid dienone is 6. The highest BCUT2D eigenvalue weighted by Crippen LogP contribution is 2.64. The summed E-state index contributed by atoms with van der Waals surface area (Å²) in [5, 5.41) is 0. The Morgan fingerprint density at radius 2 is 1.84 bits per heavy atom. The van der Waals surface area contributed by atoms with Gasteiger partial charge < -0.3 is 4.74 Å². The number of ether oxygens (including phenoxy) is 1. The average molecular weight is 439 g/mol. The van der Waals surface area contributed by atoms with Crippen LogP contribution in [-0.2, 0) is 9.53 Å². The lowest BCUT2D eigenvalue weighted by atomic mass is 9.51. The van der Waals surface area contributed by atoms with Gasteiger partial charge in [-0.1, -0.05) is 65.8 Å². The third-order valence-electron chi connectivity index (χ3n) is 10.3. The molecule has 0 spiro atoms. The van der Waals surface area contributed by atoms with Crippen LogP contribution >= 0.6 is 0 Å². The molecule has 32 heavy (non-hydrogen) atoms. The zero-order chi connectivity index (χ0) is 23.3. The quantitative estimate of drug-likeness (QED) is 0.322. The van der Waals surface area contributed by atoms with Gasteiger partial charge in [0.2, 0.25) is 0 Å². The number of hydrogen-bond acceptors (Lipinski definition) is 2. The van der Waals surface area contributed by atoms with Gasteiger partial charge in [-0.2, -0.15) is 0 Å². The molecule has 0 N–H and O–H groups in total. The van der Waals surface area contributed by atoms with Gasteiger partial charge in [0.25, 0.3) is 0 Å². The monoisotopic (exact) mass is 438 g/mol. The van der Waals surface area contributed by atoms with Crippen molar-refractivity contribution in [1.82, 2.24) is 0 Å².